The molecule has 23 heavy (non-hydrogen) atoms. The summed E-state index contributed by atoms with van der Waals surface area (Å²) in [6, 6.07) is 1.80. The number of nitrogens with zero attached hydrogens (tertiary/aromatic N) is 2. The van der Waals surface area contributed by atoms with Gasteiger partial charge in [-0.05, 0) is 65.7 Å². The first-order chi connectivity index (χ1) is 11.2. The Hall–Kier alpha value is -0.0800. The van der Waals surface area contributed by atoms with Crippen LogP contribution in [-0.2, 0) is 0 Å². The molecule has 0 atom stereocenters. The van der Waals surface area contributed by atoms with Gasteiger partial charge >= 0.3 is 0 Å². The zero-order chi connectivity index (χ0) is 16.9. The fourth-order valence-electron chi connectivity index (χ4n) is 4.10. The second-order valence-electron chi connectivity index (χ2n) is 7.69. The summed E-state index contributed by atoms with van der Waals surface area (Å²) >= 11 is 0. The van der Waals surface area contributed by atoms with Crippen LogP contribution in [0.1, 0.15) is 83.5 Å². The van der Waals surface area contributed by atoms with Gasteiger partial charge in [0.2, 0.25) is 0 Å². The minimum atomic E-state index is 0.901. The molecule has 0 unspecified atom stereocenters. The van der Waals surface area contributed by atoms with E-state index in [9.17, 15) is 0 Å². The van der Waals surface area contributed by atoms with E-state index in [1.165, 1.54) is 83.7 Å². The van der Waals surface area contributed by atoms with Crippen molar-refractivity contribution in [2.45, 2.75) is 95.6 Å². The molecule has 2 heteroatoms. The zero-order valence-corrected chi connectivity index (χ0v) is 16.1. The number of rotatable bonds is 7. The van der Waals surface area contributed by atoms with Gasteiger partial charge in [0, 0.05) is 12.1 Å². The Morgan fingerprint density at radius 3 is 1.48 bits per heavy atom. The smallest absolute Gasteiger partial charge is 0.00981 e. The minimum Gasteiger partial charge on any atom is -0.309 e. The Morgan fingerprint density at radius 1 is 0.696 bits per heavy atom. The van der Waals surface area contributed by atoms with Crippen molar-refractivity contribution in [3.05, 3.63) is 13.8 Å². The molecule has 0 spiro atoms. The van der Waals surface area contributed by atoms with Crippen molar-refractivity contribution in [1.29, 1.82) is 0 Å². The monoisotopic (exact) mass is 322 g/mol. The van der Waals surface area contributed by atoms with Gasteiger partial charge in [0.1, 0.15) is 0 Å². The first-order valence-corrected chi connectivity index (χ1v) is 10.2. The quantitative estimate of drug-likeness (QED) is 0.624. The van der Waals surface area contributed by atoms with Crippen LogP contribution >= 0.6 is 0 Å². The molecule has 0 heterocycles. The topological polar surface area (TPSA) is 6.48 Å². The number of unbranched alkanes of at least 4 members (excludes halogenated alkanes) is 1. The van der Waals surface area contributed by atoms with Gasteiger partial charge in [0.05, 0.1) is 0 Å². The summed E-state index contributed by atoms with van der Waals surface area (Å²) in [5.41, 5.74) is 0. The van der Waals surface area contributed by atoms with Gasteiger partial charge in [0.25, 0.3) is 0 Å². The van der Waals surface area contributed by atoms with Crippen molar-refractivity contribution in [1.82, 2.24) is 9.80 Å². The maximum absolute atomic E-state index is 4.07. The summed E-state index contributed by atoms with van der Waals surface area (Å²) < 4.78 is 0. The van der Waals surface area contributed by atoms with E-state index in [4.69, 9.17) is 0 Å². The molecule has 0 aromatic heterocycles. The van der Waals surface area contributed by atoms with E-state index in [0.29, 0.717) is 0 Å². The average Bonchev–Trinajstić information content (AvgIpc) is 2.60. The van der Waals surface area contributed by atoms with Crippen molar-refractivity contribution in [2.75, 3.05) is 27.2 Å². The molecule has 2 aliphatic carbocycles. The fourth-order valence-corrected chi connectivity index (χ4v) is 4.10. The molecule has 0 bridgehead atoms. The summed E-state index contributed by atoms with van der Waals surface area (Å²) in [7, 11) is 4.16. The van der Waals surface area contributed by atoms with Crippen LogP contribution < -0.4 is 0 Å². The lowest BCUT2D eigenvalue weighted by Crippen LogP contribution is -2.45. The summed E-state index contributed by atoms with van der Waals surface area (Å²) in [5, 5.41) is 0. The lowest BCUT2D eigenvalue weighted by atomic mass is 9.88. The molecule has 0 aromatic rings. The molecule has 0 N–H and O–H groups in total. The Bertz CT molecular complexity index is 235. The standard InChI is InChI=1S/C15H28N.C6H14N/c1-2-13-16(14-9-5-3-6-10-14)15-11-7-4-8-12-15;1-4-5-6-7(2)3/h14-15H,1-13H2;1,4-6H2,2-3H3. The van der Waals surface area contributed by atoms with E-state index >= 15 is 0 Å². The van der Waals surface area contributed by atoms with E-state index in [2.05, 4.69) is 37.7 Å². The van der Waals surface area contributed by atoms with Crippen molar-refractivity contribution >= 4 is 0 Å². The molecular weight excluding hydrogens is 280 g/mol. The van der Waals surface area contributed by atoms with Crippen LogP contribution in [0.15, 0.2) is 0 Å². The maximum Gasteiger partial charge on any atom is 0.00981 e. The highest BCUT2D eigenvalue weighted by molar-refractivity contribution is 4.83. The van der Waals surface area contributed by atoms with E-state index in [1.807, 2.05) is 0 Å². The molecule has 2 saturated carbocycles. The molecule has 0 aromatic carbocycles. The second kappa shape index (κ2) is 13.2. The SMILES string of the molecule is [CH2]CCCN(C)C.[CH2]CCN(C1CCCCC1)C1CCCCC1. The molecule has 2 aliphatic rings. The third-order valence-electron chi connectivity index (χ3n) is 5.36. The highest BCUT2D eigenvalue weighted by atomic mass is 15.2. The second-order valence-corrected chi connectivity index (χ2v) is 7.69. The molecule has 2 radical (unpaired) electrons. The highest BCUT2D eigenvalue weighted by Crippen LogP contribution is 2.30. The predicted molar refractivity (Wildman–Crippen MR) is 104 cm³/mol. The van der Waals surface area contributed by atoms with Crippen LogP contribution in [0.3, 0.4) is 0 Å². The molecule has 0 saturated heterocycles. The normalized spacial score (nSPS) is 20.6. The molecular formula is C21H42N2. The van der Waals surface area contributed by atoms with Gasteiger partial charge in [-0.15, -0.1) is 0 Å². The van der Waals surface area contributed by atoms with Crippen molar-refractivity contribution in [2.24, 2.45) is 0 Å². The molecule has 2 nitrogen and oxygen atoms in total. The van der Waals surface area contributed by atoms with E-state index in [0.717, 1.165) is 24.9 Å². The fraction of sp³-hybridized carbons (Fsp3) is 0.905. The van der Waals surface area contributed by atoms with E-state index < -0.39 is 0 Å². The highest BCUT2D eigenvalue weighted by Gasteiger charge is 2.27. The first-order valence-electron chi connectivity index (χ1n) is 10.2. The predicted octanol–water partition coefficient (Wildman–Crippen LogP) is 5.34. The van der Waals surface area contributed by atoms with Gasteiger partial charge in [-0.1, -0.05) is 58.8 Å². The third kappa shape index (κ3) is 9.10. The Kier molecular flexibility index (Phi) is 12.1. The molecule has 2 fully saturated rings. The van der Waals surface area contributed by atoms with E-state index in [1.54, 1.807) is 0 Å². The van der Waals surface area contributed by atoms with Gasteiger partial charge < -0.3 is 4.90 Å². The third-order valence-corrected chi connectivity index (χ3v) is 5.36. The maximum atomic E-state index is 4.07. The van der Waals surface area contributed by atoms with Crippen LogP contribution in [0.2, 0.25) is 0 Å². The summed E-state index contributed by atoms with van der Waals surface area (Å²) in [5.74, 6) is 0. The van der Waals surface area contributed by atoms with Crippen molar-refractivity contribution < 1.29 is 0 Å². The lowest BCUT2D eigenvalue weighted by Gasteiger charge is -2.41. The molecule has 0 aliphatic heterocycles. The van der Waals surface area contributed by atoms with Crippen molar-refractivity contribution in [3.8, 4) is 0 Å². The zero-order valence-electron chi connectivity index (χ0n) is 16.1. The Balaban J connectivity index is 0.000000322. The van der Waals surface area contributed by atoms with Crippen LogP contribution in [-0.4, -0.2) is 49.1 Å². The van der Waals surface area contributed by atoms with E-state index in [-0.39, 0.29) is 0 Å². The largest absolute Gasteiger partial charge is 0.309 e. The van der Waals surface area contributed by atoms with Gasteiger partial charge in [-0.2, -0.15) is 0 Å². The van der Waals surface area contributed by atoms with Crippen LogP contribution in [0.4, 0.5) is 0 Å². The minimum absolute atomic E-state index is 0.901. The molecule has 2 rings (SSSR count). The van der Waals surface area contributed by atoms with Crippen LogP contribution in [0.5, 0.6) is 0 Å². The van der Waals surface area contributed by atoms with Gasteiger partial charge in [-0.3, -0.25) is 4.90 Å². The molecule has 0 amide bonds. The van der Waals surface area contributed by atoms with Crippen molar-refractivity contribution in [3.63, 3.8) is 0 Å². The summed E-state index contributed by atoms with van der Waals surface area (Å²) in [6.07, 6.45) is 18.0. The summed E-state index contributed by atoms with van der Waals surface area (Å²) in [6.45, 7) is 10.2. The first kappa shape index (κ1) is 21.0. The lowest BCUT2D eigenvalue weighted by molar-refractivity contribution is 0.0826. The summed E-state index contributed by atoms with van der Waals surface area (Å²) in [4.78, 5) is 5.01. The number of hydrogen-bond acceptors (Lipinski definition) is 2. The molecule has 136 valence electrons. The average molecular weight is 323 g/mol. The van der Waals surface area contributed by atoms with Crippen LogP contribution in [0, 0.1) is 13.8 Å². The Labute approximate surface area is 147 Å². The van der Waals surface area contributed by atoms with Gasteiger partial charge in [-0.25, -0.2) is 0 Å². The van der Waals surface area contributed by atoms with Crippen LogP contribution in [0.25, 0.3) is 0 Å². The van der Waals surface area contributed by atoms with Gasteiger partial charge in [0.15, 0.2) is 0 Å². The number of hydrogen-bond donors (Lipinski definition) is 0. The Morgan fingerprint density at radius 2 is 1.17 bits per heavy atom.